The Morgan fingerprint density at radius 1 is 1.60 bits per heavy atom. The van der Waals surface area contributed by atoms with Gasteiger partial charge in [-0.15, -0.1) is 0 Å². The molecule has 0 bridgehead atoms. The monoisotopic (exact) mass is 225 g/mol. The molecule has 1 aromatic carbocycles. The van der Waals surface area contributed by atoms with Crippen molar-refractivity contribution in [3.63, 3.8) is 0 Å². The molecule has 0 spiro atoms. The second-order valence-corrected chi connectivity index (χ2v) is 3.35. The van der Waals surface area contributed by atoms with Gasteiger partial charge in [-0.3, -0.25) is 4.79 Å². The van der Waals surface area contributed by atoms with Gasteiger partial charge in [0.15, 0.2) is 5.58 Å². The molecule has 0 saturated carbocycles. The van der Waals surface area contributed by atoms with E-state index in [2.05, 4.69) is 9.72 Å². The number of carbonyl (C=O) groups is 1. The van der Waals surface area contributed by atoms with E-state index in [1.165, 1.54) is 7.11 Å². The predicted molar refractivity (Wildman–Crippen MR) is 54.7 cm³/mol. The number of nitrogens with zero attached hydrogens (tertiary/aromatic N) is 1. The molecule has 1 heterocycles. The predicted octanol–water partition coefficient (Wildman–Crippen LogP) is 2.20. The molecule has 15 heavy (non-hydrogen) atoms. The highest BCUT2D eigenvalue weighted by atomic mass is 35.5. The fourth-order valence-electron chi connectivity index (χ4n) is 1.29. The van der Waals surface area contributed by atoms with E-state index in [4.69, 9.17) is 16.0 Å². The van der Waals surface area contributed by atoms with Crippen molar-refractivity contribution >= 4 is 28.7 Å². The van der Waals surface area contributed by atoms with Gasteiger partial charge in [0.1, 0.15) is 5.52 Å². The number of ether oxygens (including phenoxy) is 1. The van der Waals surface area contributed by atoms with Gasteiger partial charge in [-0.1, -0.05) is 6.07 Å². The number of rotatable bonds is 2. The third-order valence-electron chi connectivity index (χ3n) is 2.00. The van der Waals surface area contributed by atoms with Gasteiger partial charge < -0.3 is 9.15 Å². The molecule has 2 rings (SSSR count). The SMILES string of the molecule is COC(=O)Cc1ccc2oc(Cl)nc2c1. The van der Waals surface area contributed by atoms with Crippen LogP contribution in [0.15, 0.2) is 22.6 Å². The van der Waals surface area contributed by atoms with Crippen molar-refractivity contribution in [2.75, 3.05) is 7.11 Å². The molecule has 0 unspecified atom stereocenters. The summed E-state index contributed by atoms with van der Waals surface area (Å²) >= 11 is 5.60. The molecule has 0 amide bonds. The molecule has 0 N–H and O–H groups in total. The summed E-state index contributed by atoms with van der Waals surface area (Å²) in [6, 6.07) is 5.26. The Kier molecular flexibility index (Phi) is 2.60. The quantitative estimate of drug-likeness (QED) is 0.736. The van der Waals surface area contributed by atoms with Crippen molar-refractivity contribution in [1.29, 1.82) is 0 Å². The minimum Gasteiger partial charge on any atom is -0.469 e. The zero-order valence-electron chi connectivity index (χ0n) is 7.99. The van der Waals surface area contributed by atoms with E-state index >= 15 is 0 Å². The first kappa shape index (κ1) is 9.98. The average Bonchev–Trinajstić information content (AvgIpc) is 2.57. The largest absolute Gasteiger partial charge is 0.469 e. The number of halogens is 1. The van der Waals surface area contributed by atoms with Crippen molar-refractivity contribution in [2.24, 2.45) is 0 Å². The van der Waals surface area contributed by atoms with Crippen LogP contribution >= 0.6 is 11.6 Å². The summed E-state index contributed by atoms with van der Waals surface area (Å²) in [6.45, 7) is 0. The van der Waals surface area contributed by atoms with Crippen LogP contribution in [0.1, 0.15) is 5.56 Å². The summed E-state index contributed by atoms with van der Waals surface area (Å²) in [5.74, 6) is -0.288. The van der Waals surface area contributed by atoms with Gasteiger partial charge in [0.25, 0.3) is 5.35 Å². The Labute approximate surface area is 90.8 Å². The Morgan fingerprint density at radius 2 is 2.40 bits per heavy atom. The maximum absolute atomic E-state index is 11.0. The first-order valence-corrected chi connectivity index (χ1v) is 4.68. The van der Waals surface area contributed by atoms with Crippen LogP contribution in [0.3, 0.4) is 0 Å². The topological polar surface area (TPSA) is 52.3 Å². The third kappa shape index (κ3) is 2.10. The van der Waals surface area contributed by atoms with Gasteiger partial charge in [-0.05, 0) is 29.3 Å². The highest BCUT2D eigenvalue weighted by Crippen LogP contribution is 2.20. The molecule has 0 saturated heterocycles. The molecule has 4 nitrogen and oxygen atoms in total. The van der Waals surface area contributed by atoms with Crippen LogP contribution in [-0.4, -0.2) is 18.1 Å². The van der Waals surface area contributed by atoms with Gasteiger partial charge in [-0.2, -0.15) is 4.98 Å². The van der Waals surface area contributed by atoms with Crippen LogP contribution in [0, 0.1) is 0 Å². The van der Waals surface area contributed by atoms with E-state index in [1.54, 1.807) is 18.2 Å². The molecular weight excluding hydrogens is 218 g/mol. The number of oxazole rings is 1. The number of methoxy groups -OCH3 is 1. The van der Waals surface area contributed by atoms with E-state index in [0.29, 0.717) is 11.1 Å². The van der Waals surface area contributed by atoms with E-state index in [-0.39, 0.29) is 17.7 Å². The molecule has 0 atom stereocenters. The lowest BCUT2D eigenvalue weighted by atomic mass is 10.1. The van der Waals surface area contributed by atoms with Crippen LogP contribution in [0.2, 0.25) is 5.35 Å². The minimum atomic E-state index is -0.288. The number of fused-ring (bicyclic) bond motifs is 1. The van der Waals surface area contributed by atoms with E-state index in [0.717, 1.165) is 5.56 Å². The van der Waals surface area contributed by atoms with Crippen molar-refractivity contribution in [1.82, 2.24) is 4.98 Å². The van der Waals surface area contributed by atoms with Gasteiger partial charge in [0, 0.05) is 0 Å². The number of hydrogen-bond acceptors (Lipinski definition) is 4. The summed E-state index contributed by atoms with van der Waals surface area (Å²) in [6.07, 6.45) is 0.219. The van der Waals surface area contributed by atoms with Crippen molar-refractivity contribution < 1.29 is 13.9 Å². The molecule has 0 aliphatic carbocycles. The van der Waals surface area contributed by atoms with Crippen LogP contribution in [-0.2, 0) is 16.0 Å². The maximum atomic E-state index is 11.0. The second-order valence-electron chi connectivity index (χ2n) is 3.02. The number of hydrogen-bond donors (Lipinski definition) is 0. The van der Waals surface area contributed by atoms with Gasteiger partial charge in [0.05, 0.1) is 13.5 Å². The zero-order valence-corrected chi connectivity index (χ0v) is 8.75. The second kappa shape index (κ2) is 3.90. The van der Waals surface area contributed by atoms with Gasteiger partial charge >= 0.3 is 5.97 Å². The minimum absolute atomic E-state index is 0.0974. The number of esters is 1. The third-order valence-corrected chi connectivity index (χ3v) is 2.16. The normalized spacial score (nSPS) is 10.5. The van der Waals surface area contributed by atoms with Crippen molar-refractivity contribution in [3.8, 4) is 0 Å². The molecule has 0 aliphatic rings. The lowest BCUT2D eigenvalue weighted by molar-refractivity contribution is -0.139. The van der Waals surface area contributed by atoms with Crippen molar-refractivity contribution in [2.45, 2.75) is 6.42 Å². The maximum Gasteiger partial charge on any atom is 0.309 e. The summed E-state index contributed by atoms with van der Waals surface area (Å²) < 4.78 is 9.65. The van der Waals surface area contributed by atoms with E-state index in [1.807, 2.05) is 0 Å². The lowest BCUT2D eigenvalue weighted by Crippen LogP contribution is -2.04. The number of benzene rings is 1. The number of carbonyl (C=O) groups excluding carboxylic acids is 1. The Hall–Kier alpha value is -1.55. The molecular formula is C10H8ClNO3. The molecule has 0 aliphatic heterocycles. The lowest BCUT2D eigenvalue weighted by Gasteiger charge is -1.98. The zero-order chi connectivity index (χ0) is 10.8. The standard InChI is InChI=1S/C10H8ClNO3/c1-14-9(13)5-6-2-3-8-7(4-6)12-10(11)15-8/h2-4H,5H2,1H3. The van der Waals surface area contributed by atoms with Crippen LogP contribution in [0.5, 0.6) is 0 Å². The number of aromatic nitrogens is 1. The summed E-state index contributed by atoms with van der Waals surface area (Å²) in [5.41, 5.74) is 2.06. The van der Waals surface area contributed by atoms with Crippen LogP contribution < -0.4 is 0 Å². The Bertz CT molecular complexity index is 506. The Balaban J connectivity index is 2.33. The van der Waals surface area contributed by atoms with E-state index in [9.17, 15) is 4.79 Å². The molecule has 1 aromatic heterocycles. The Morgan fingerprint density at radius 3 is 3.13 bits per heavy atom. The molecule has 0 radical (unpaired) electrons. The first-order chi connectivity index (χ1) is 7.19. The molecule has 78 valence electrons. The fraction of sp³-hybridized carbons (Fsp3) is 0.200. The van der Waals surface area contributed by atoms with Crippen molar-refractivity contribution in [3.05, 3.63) is 29.1 Å². The summed E-state index contributed by atoms with van der Waals surface area (Å²) in [5, 5.41) is 0.0974. The molecule has 0 fully saturated rings. The summed E-state index contributed by atoms with van der Waals surface area (Å²) in [4.78, 5) is 15.0. The first-order valence-electron chi connectivity index (χ1n) is 4.31. The highest BCUT2D eigenvalue weighted by Gasteiger charge is 2.07. The summed E-state index contributed by atoms with van der Waals surface area (Å²) in [7, 11) is 1.35. The molecule has 2 aromatic rings. The smallest absolute Gasteiger partial charge is 0.309 e. The van der Waals surface area contributed by atoms with Gasteiger partial charge in [0.2, 0.25) is 0 Å². The fourth-order valence-corrected chi connectivity index (χ4v) is 1.47. The van der Waals surface area contributed by atoms with E-state index < -0.39 is 0 Å². The average molecular weight is 226 g/mol. The highest BCUT2D eigenvalue weighted by molar-refractivity contribution is 6.28. The van der Waals surface area contributed by atoms with Crippen LogP contribution in [0.25, 0.3) is 11.1 Å². The van der Waals surface area contributed by atoms with Crippen LogP contribution in [0.4, 0.5) is 0 Å². The molecule has 5 heteroatoms. The van der Waals surface area contributed by atoms with Gasteiger partial charge in [-0.25, -0.2) is 0 Å².